The van der Waals surface area contributed by atoms with Crippen LogP contribution in [-0.4, -0.2) is 21.6 Å². The largest absolute Gasteiger partial charge is 0.365 e. The maximum absolute atomic E-state index is 12.2. The zero-order chi connectivity index (χ0) is 17.1. The molecule has 0 saturated carbocycles. The number of primary amides is 1. The molecule has 1 amide bonds. The van der Waals surface area contributed by atoms with E-state index in [0.717, 1.165) is 11.3 Å². The minimum atomic E-state index is -0.562. The molecule has 0 aliphatic carbocycles. The van der Waals surface area contributed by atoms with Crippen molar-refractivity contribution in [1.29, 1.82) is 5.41 Å². The molecule has 0 spiro atoms. The molecule has 0 bridgehead atoms. The molecule has 8 heteroatoms. The van der Waals surface area contributed by atoms with E-state index in [0.29, 0.717) is 21.9 Å². The van der Waals surface area contributed by atoms with Gasteiger partial charge in [-0.25, -0.2) is 4.98 Å². The Morgan fingerprint density at radius 2 is 2.17 bits per heavy atom. The van der Waals surface area contributed by atoms with Crippen LogP contribution in [0.2, 0.25) is 0 Å². The van der Waals surface area contributed by atoms with Gasteiger partial charge in [0.15, 0.2) is 0 Å². The number of aromatic amines is 1. The van der Waals surface area contributed by atoms with E-state index >= 15 is 0 Å². The Morgan fingerprint density at radius 1 is 1.33 bits per heavy atom. The van der Waals surface area contributed by atoms with Crippen molar-refractivity contribution in [3.8, 4) is 0 Å². The molecule has 0 unspecified atom stereocenters. The molecule has 0 saturated heterocycles. The van der Waals surface area contributed by atoms with Gasteiger partial charge in [-0.1, -0.05) is 6.07 Å². The summed E-state index contributed by atoms with van der Waals surface area (Å²) in [6, 6.07) is 8.51. The lowest BCUT2D eigenvalue weighted by atomic mass is 10.0. The molecule has 0 fully saturated rings. The van der Waals surface area contributed by atoms with E-state index < -0.39 is 11.5 Å². The van der Waals surface area contributed by atoms with Crippen LogP contribution in [0.25, 0.3) is 0 Å². The Labute approximate surface area is 140 Å². The fourth-order valence-electron chi connectivity index (χ4n) is 2.15. The predicted octanol–water partition coefficient (Wildman–Crippen LogP) is 2.09. The number of carbonyl (C=O) groups is 1. The first-order valence-electron chi connectivity index (χ1n) is 6.93. The molecule has 3 rings (SSSR count). The smallest absolute Gasteiger partial charge is 0.259 e. The maximum atomic E-state index is 12.2. The van der Waals surface area contributed by atoms with E-state index in [9.17, 15) is 9.59 Å². The lowest BCUT2D eigenvalue weighted by molar-refractivity contribution is 0.100. The summed E-state index contributed by atoms with van der Waals surface area (Å²) in [6.45, 7) is 0. The van der Waals surface area contributed by atoms with Gasteiger partial charge in [-0.2, -0.15) is 0 Å². The summed E-state index contributed by atoms with van der Waals surface area (Å²) in [5.74, 6) is -0.00634. The summed E-state index contributed by atoms with van der Waals surface area (Å²) in [4.78, 5) is 30.5. The monoisotopic (exact) mass is 339 g/mol. The zero-order valence-electron chi connectivity index (χ0n) is 12.4. The fraction of sp³-hybridized carbons (Fsp3) is 0. The average Bonchev–Trinajstić information content (AvgIpc) is 3.06. The topological polar surface area (TPSA) is 125 Å². The van der Waals surface area contributed by atoms with E-state index in [-0.39, 0.29) is 11.3 Å². The van der Waals surface area contributed by atoms with Gasteiger partial charge >= 0.3 is 0 Å². The lowest BCUT2D eigenvalue weighted by Crippen LogP contribution is -2.20. The molecule has 3 aromatic rings. The van der Waals surface area contributed by atoms with Crippen LogP contribution < -0.4 is 16.6 Å². The lowest BCUT2D eigenvalue weighted by Gasteiger charge is -2.10. The van der Waals surface area contributed by atoms with Crippen molar-refractivity contribution >= 4 is 34.5 Å². The molecule has 7 nitrogen and oxygen atoms in total. The van der Waals surface area contributed by atoms with E-state index in [4.69, 9.17) is 11.1 Å². The SMILES string of the molecule is N=C(c1csc(C(N)=O)c1)c1c(Nc2ccccn2)cc[nH]c1=O. The first-order chi connectivity index (χ1) is 11.6. The minimum Gasteiger partial charge on any atom is -0.365 e. The predicted molar refractivity (Wildman–Crippen MR) is 93.4 cm³/mol. The highest BCUT2D eigenvalue weighted by Crippen LogP contribution is 2.22. The highest BCUT2D eigenvalue weighted by molar-refractivity contribution is 7.12. The van der Waals surface area contributed by atoms with Crippen molar-refractivity contribution in [3.05, 3.63) is 74.5 Å². The van der Waals surface area contributed by atoms with Crippen LogP contribution >= 0.6 is 11.3 Å². The van der Waals surface area contributed by atoms with Crippen LogP contribution in [-0.2, 0) is 0 Å². The number of rotatable bonds is 5. The number of thiophene rings is 1. The van der Waals surface area contributed by atoms with E-state index in [2.05, 4.69) is 15.3 Å². The summed E-state index contributed by atoms with van der Waals surface area (Å²) in [5.41, 5.74) is 5.90. The van der Waals surface area contributed by atoms with Gasteiger partial charge in [-0.05, 0) is 24.3 Å². The molecule has 120 valence electrons. The van der Waals surface area contributed by atoms with E-state index in [1.165, 1.54) is 12.3 Å². The maximum Gasteiger partial charge on any atom is 0.259 e. The van der Waals surface area contributed by atoms with E-state index in [1.807, 2.05) is 6.07 Å². The second-order valence-electron chi connectivity index (χ2n) is 4.87. The van der Waals surface area contributed by atoms with Crippen molar-refractivity contribution in [3.63, 3.8) is 0 Å². The number of pyridine rings is 2. The molecule has 3 aromatic heterocycles. The van der Waals surface area contributed by atoms with Gasteiger partial charge in [0.1, 0.15) is 5.82 Å². The Kier molecular flexibility index (Phi) is 4.21. The Hall–Kier alpha value is -3.26. The van der Waals surface area contributed by atoms with Crippen LogP contribution in [0.4, 0.5) is 11.5 Å². The quantitative estimate of drug-likeness (QED) is 0.531. The van der Waals surface area contributed by atoms with Crippen molar-refractivity contribution in [1.82, 2.24) is 9.97 Å². The molecule has 0 radical (unpaired) electrons. The number of anilines is 2. The van der Waals surface area contributed by atoms with Crippen molar-refractivity contribution in [2.45, 2.75) is 0 Å². The second kappa shape index (κ2) is 6.47. The first-order valence-corrected chi connectivity index (χ1v) is 7.81. The summed E-state index contributed by atoms with van der Waals surface area (Å²) in [5, 5.41) is 13.0. The summed E-state index contributed by atoms with van der Waals surface area (Å²) in [6.07, 6.45) is 3.12. The van der Waals surface area contributed by atoms with Crippen LogP contribution in [0.15, 0.2) is 52.9 Å². The van der Waals surface area contributed by atoms with Crippen LogP contribution in [0.1, 0.15) is 20.8 Å². The molecule has 3 heterocycles. The van der Waals surface area contributed by atoms with Gasteiger partial charge in [-0.15, -0.1) is 11.3 Å². The summed E-state index contributed by atoms with van der Waals surface area (Å²) in [7, 11) is 0. The normalized spacial score (nSPS) is 10.3. The first kappa shape index (κ1) is 15.6. The third-order valence-electron chi connectivity index (χ3n) is 3.27. The summed E-state index contributed by atoms with van der Waals surface area (Å²) < 4.78 is 0. The van der Waals surface area contributed by atoms with E-state index in [1.54, 1.807) is 29.8 Å². The fourth-order valence-corrected chi connectivity index (χ4v) is 2.90. The number of nitrogens with zero attached hydrogens (tertiary/aromatic N) is 1. The van der Waals surface area contributed by atoms with Crippen molar-refractivity contribution in [2.75, 3.05) is 5.32 Å². The number of H-pyrrole nitrogens is 1. The third-order valence-corrected chi connectivity index (χ3v) is 4.21. The number of hydrogen-bond donors (Lipinski definition) is 4. The molecular weight excluding hydrogens is 326 g/mol. The van der Waals surface area contributed by atoms with Crippen molar-refractivity contribution in [2.24, 2.45) is 5.73 Å². The standard InChI is InChI=1S/C16H13N5O2S/c17-14(9-7-11(15(18)22)24-8-9)13-10(4-6-20-16(13)23)21-12-3-1-2-5-19-12/h1-8,17H,(H2,18,22)(H2,19,20,21,23). The molecular formula is C16H13N5O2S. The summed E-state index contributed by atoms with van der Waals surface area (Å²) >= 11 is 1.14. The molecule has 0 aromatic carbocycles. The molecule has 0 aliphatic heterocycles. The molecule has 0 atom stereocenters. The highest BCUT2D eigenvalue weighted by atomic mass is 32.1. The second-order valence-corrected chi connectivity index (χ2v) is 5.79. The van der Waals surface area contributed by atoms with Gasteiger partial charge in [0, 0.05) is 23.3 Å². The Bertz CT molecular complexity index is 962. The Balaban J connectivity index is 2.01. The number of hydrogen-bond acceptors (Lipinski definition) is 6. The number of aromatic nitrogens is 2. The number of nitrogens with two attached hydrogens (primary N) is 1. The average molecular weight is 339 g/mol. The number of carbonyl (C=O) groups excluding carboxylic acids is 1. The minimum absolute atomic E-state index is 0.000897. The Morgan fingerprint density at radius 3 is 2.83 bits per heavy atom. The van der Waals surface area contributed by atoms with Gasteiger partial charge < -0.3 is 16.0 Å². The number of amides is 1. The van der Waals surface area contributed by atoms with Gasteiger partial charge in [-0.3, -0.25) is 15.0 Å². The van der Waals surface area contributed by atoms with Crippen LogP contribution in [0.3, 0.4) is 0 Å². The van der Waals surface area contributed by atoms with Crippen LogP contribution in [0.5, 0.6) is 0 Å². The van der Waals surface area contributed by atoms with Gasteiger partial charge in [0.2, 0.25) is 0 Å². The molecule has 24 heavy (non-hydrogen) atoms. The third kappa shape index (κ3) is 3.08. The molecule has 5 N–H and O–H groups in total. The van der Waals surface area contributed by atoms with Crippen LogP contribution in [0, 0.1) is 5.41 Å². The molecule has 0 aliphatic rings. The number of nitrogens with one attached hydrogen (secondary N) is 3. The van der Waals surface area contributed by atoms with Crippen molar-refractivity contribution < 1.29 is 4.79 Å². The zero-order valence-corrected chi connectivity index (χ0v) is 13.2. The van der Waals surface area contributed by atoms with Gasteiger partial charge in [0.25, 0.3) is 11.5 Å². The van der Waals surface area contributed by atoms with Gasteiger partial charge in [0.05, 0.1) is 21.8 Å². The highest BCUT2D eigenvalue weighted by Gasteiger charge is 2.17.